The van der Waals surface area contributed by atoms with Gasteiger partial charge in [-0.3, -0.25) is 4.79 Å². The fourth-order valence-corrected chi connectivity index (χ4v) is 4.98. The van der Waals surface area contributed by atoms with Crippen molar-refractivity contribution in [3.8, 4) is 16.9 Å². The van der Waals surface area contributed by atoms with Crippen LogP contribution in [-0.2, 0) is 4.79 Å². The number of rotatable bonds is 6. The van der Waals surface area contributed by atoms with Crippen molar-refractivity contribution < 1.29 is 9.53 Å². The van der Waals surface area contributed by atoms with E-state index in [2.05, 4.69) is 22.3 Å². The number of ether oxygens (including phenoxy) is 1. The predicted molar refractivity (Wildman–Crippen MR) is 123 cm³/mol. The summed E-state index contributed by atoms with van der Waals surface area (Å²) in [6.07, 6.45) is 8.91. The van der Waals surface area contributed by atoms with Gasteiger partial charge in [-0.05, 0) is 68.5 Å². The molecule has 0 spiro atoms. The van der Waals surface area contributed by atoms with Crippen molar-refractivity contribution in [2.45, 2.75) is 44.9 Å². The van der Waals surface area contributed by atoms with Gasteiger partial charge < -0.3 is 15.0 Å². The molecule has 4 nitrogen and oxygen atoms in total. The lowest BCUT2D eigenvalue weighted by molar-refractivity contribution is -0.121. The Bertz CT molecular complexity index is 836. The normalized spacial score (nSPS) is 18.8. The smallest absolute Gasteiger partial charge is 0.227 e. The van der Waals surface area contributed by atoms with Crippen LogP contribution in [0.5, 0.6) is 5.75 Å². The van der Waals surface area contributed by atoms with E-state index < -0.39 is 0 Å². The summed E-state index contributed by atoms with van der Waals surface area (Å²) in [6.45, 7) is 3.32. The first-order valence-corrected chi connectivity index (χ1v) is 11.5. The predicted octanol–water partition coefficient (Wildman–Crippen LogP) is 5.59. The van der Waals surface area contributed by atoms with E-state index in [0.29, 0.717) is 0 Å². The van der Waals surface area contributed by atoms with Crippen LogP contribution in [0.25, 0.3) is 11.1 Å². The van der Waals surface area contributed by atoms with Gasteiger partial charge in [0.25, 0.3) is 0 Å². The third kappa shape index (κ3) is 5.23. The van der Waals surface area contributed by atoms with E-state index >= 15 is 0 Å². The van der Waals surface area contributed by atoms with Crippen LogP contribution in [0.15, 0.2) is 48.5 Å². The Labute approximate surface area is 180 Å². The fourth-order valence-electron chi connectivity index (χ4n) is 4.98. The molecule has 2 aromatic carbocycles. The summed E-state index contributed by atoms with van der Waals surface area (Å²) in [4.78, 5) is 15.6. The SMILES string of the molecule is COc1cccc(-c2ccccc2NC(=O)C2CCN(CC3CCCCC3)CC2)c1. The highest BCUT2D eigenvalue weighted by molar-refractivity contribution is 5.96. The summed E-state index contributed by atoms with van der Waals surface area (Å²) in [5.41, 5.74) is 2.95. The lowest BCUT2D eigenvalue weighted by Gasteiger charge is -2.35. The molecule has 0 atom stereocenters. The number of hydrogen-bond acceptors (Lipinski definition) is 3. The van der Waals surface area contributed by atoms with Crippen molar-refractivity contribution in [2.75, 3.05) is 32.1 Å². The van der Waals surface area contributed by atoms with Crippen LogP contribution in [0.4, 0.5) is 5.69 Å². The van der Waals surface area contributed by atoms with E-state index in [4.69, 9.17) is 4.74 Å². The molecule has 0 aromatic heterocycles. The lowest BCUT2D eigenvalue weighted by Crippen LogP contribution is -2.40. The van der Waals surface area contributed by atoms with Crippen LogP contribution in [-0.4, -0.2) is 37.6 Å². The van der Waals surface area contributed by atoms with Crippen molar-refractivity contribution in [1.29, 1.82) is 0 Å². The summed E-state index contributed by atoms with van der Waals surface area (Å²) in [6, 6.07) is 16.0. The molecule has 160 valence electrons. The average Bonchev–Trinajstić information content (AvgIpc) is 2.80. The van der Waals surface area contributed by atoms with E-state index in [9.17, 15) is 4.79 Å². The number of amides is 1. The lowest BCUT2D eigenvalue weighted by atomic mass is 9.88. The Morgan fingerprint density at radius 1 is 1.00 bits per heavy atom. The monoisotopic (exact) mass is 406 g/mol. The maximum atomic E-state index is 13.0. The van der Waals surface area contributed by atoms with Gasteiger partial charge in [0.1, 0.15) is 5.75 Å². The van der Waals surface area contributed by atoms with Crippen LogP contribution < -0.4 is 10.1 Å². The number of nitrogens with one attached hydrogen (secondary N) is 1. The molecule has 1 N–H and O–H groups in total. The minimum absolute atomic E-state index is 0.103. The molecule has 4 heteroatoms. The number of methoxy groups -OCH3 is 1. The van der Waals surface area contributed by atoms with E-state index in [1.807, 2.05) is 36.4 Å². The highest BCUT2D eigenvalue weighted by Gasteiger charge is 2.27. The van der Waals surface area contributed by atoms with Crippen LogP contribution in [0.2, 0.25) is 0 Å². The maximum absolute atomic E-state index is 13.0. The summed E-state index contributed by atoms with van der Waals surface area (Å²) in [5, 5.41) is 3.21. The first-order chi connectivity index (χ1) is 14.7. The Kier molecular flexibility index (Phi) is 7.06. The number of anilines is 1. The van der Waals surface area contributed by atoms with Gasteiger partial charge in [0.05, 0.1) is 7.11 Å². The van der Waals surface area contributed by atoms with Crippen LogP contribution in [0.3, 0.4) is 0 Å². The standard InChI is InChI=1S/C26H34N2O2/c1-30-23-11-7-10-22(18-23)24-12-5-6-13-25(24)27-26(29)21-14-16-28(17-15-21)19-20-8-3-2-4-9-20/h5-7,10-13,18,20-21H,2-4,8-9,14-17,19H2,1H3,(H,27,29). The maximum Gasteiger partial charge on any atom is 0.227 e. The third-order valence-corrected chi connectivity index (χ3v) is 6.77. The van der Waals surface area contributed by atoms with E-state index in [1.165, 1.54) is 38.6 Å². The zero-order valence-corrected chi connectivity index (χ0v) is 18.1. The van der Waals surface area contributed by atoms with Gasteiger partial charge in [0.15, 0.2) is 0 Å². The molecule has 30 heavy (non-hydrogen) atoms. The number of carbonyl (C=O) groups excluding carboxylic acids is 1. The van der Waals surface area contributed by atoms with Crippen molar-refractivity contribution in [2.24, 2.45) is 11.8 Å². The summed E-state index contributed by atoms with van der Waals surface area (Å²) in [5.74, 6) is 1.95. The molecule has 2 aromatic rings. The van der Waals surface area contributed by atoms with E-state index in [0.717, 1.165) is 54.4 Å². The second-order valence-corrected chi connectivity index (χ2v) is 8.85. The molecule has 0 unspecified atom stereocenters. The highest BCUT2D eigenvalue weighted by atomic mass is 16.5. The zero-order chi connectivity index (χ0) is 20.8. The molecule has 1 saturated carbocycles. The first-order valence-electron chi connectivity index (χ1n) is 11.5. The summed E-state index contributed by atoms with van der Waals surface area (Å²) in [7, 11) is 1.67. The largest absolute Gasteiger partial charge is 0.497 e. The molecule has 1 saturated heterocycles. The second-order valence-electron chi connectivity index (χ2n) is 8.85. The second kappa shape index (κ2) is 10.1. The number of para-hydroxylation sites is 1. The minimum Gasteiger partial charge on any atom is -0.497 e. The molecule has 2 fully saturated rings. The molecule has 0 radical (unpaired) electrons. The molecular weight excluding hydrogens is 372 g/mol. The summed E-state index contributed by atoms with van der Waals surface area (Å²) >= 11 is 0. The van der Waals surface area contributed by atoms with Gasteiger partial charge in [0, 0.05) is 23.7 Å². The number of benzene rings is 2. The molecule has 1 heterocycles. The topological polar surface area (TPSA) is 41.6 Å². The number of hydrogen-bond donors (Lipinski definition) is 1. The van der Waals surface area contributed by atoms with Crippen molar-refractivity contribution in [3.05, 3.63) is 48.5 Å². The van der Waals surface area contributed by atoms with Gasteiger partial charge in [0.2, 0.25) is 5.91 Å². The fraction of sp³-hybridized carbons (Fsp3) is 0.500. The quantitative estimate of drug-likeness (QED) is 0.680. The van der Waals surface area contributed by atoms with Crippen LogP contribution >= 0.6 is 0 Å². The Hall–Kier alpha value is -2.33. The van der Waals surface area contributed by atoms with Gasteiger partial charge in [-0.1, -0.05) is 49.6 Å². The zero-order valence-electron chi connectivity index (χ0n) is 18.1. The summed E-state index contributed by atoms with van der Waals surface area (Å²) < 4.78 is 5.36. The van der Waals surface area contributed by atoms with Crippen molar-refractivity contribution in [3.63, 3.8) is 0 Å². The number of piperidine rings is 1. The van der Waals surface area contributed by atoms with Crippen molar-refractivity contribution in [1.82, 2.24) is 4.90 Å². The Balaban J connectivity index is 1.35. The Morgan fingerprint density at radius 3 is 2.53 bits per heavy atom. The van der Waals surface area contributed by atoms with E-state index in [-0.39, 0.29) is 11.8 Å². The number of nitrogens with zero attached hydrogens (tertiary/aromatic N) is 1. The van der Waals surface area contributed by atoms with Gasteiger partial charge >= 0.3 is 0 Å². The molecule has 4 rings (SSSR count). The number of likely N-dealkylation sites (tertiary alicyclic amines) is 1. The van der Waals surface area contributed by atoms with Crippen LogP contribution in [0.1, 0.15) is 44.9 Å². The molecule has 2 aliphatic rings. The highest BCUT2D eigenvalue weighted by Crippen LogP contribution is 2.31. The van der Waals surface area contributed by atoms with Gasteiger partial charge in [-0.15, -0.1) is 0 Å². The Morgan fingerprint density at radius 2 is 1.77 bits per heavy atom. The number of carbonyl (C=O) groups is 1. The molecule has 1 aliphatic heterocycles. The van der Waals surface area contributed by atoms with Gasteiger partial charge in [-0.2, -0.15) is 0 Å². The molecular formula is C26H34N2O2. The third-order valence-electron chi connectivity index (χ3n) is 6.77. The minimum atomic E-state index is 0.103. The van der Waals surface area contributed by atoms with Crippen molar-refractivity contribution >= 4 is 11.6 Å². The van der Waals surface area contributed by atoms with Crippen LogP contribution in [0, 0.1) is 11.8 Å². The molecule has 0 bridgehead atoms. The molecule has 1 amide bonds. The molecule has 1 aliphatic carbocycles. The van der Waals surface area contributed by atoms with Gasteiger partial charge in [-0.25, -0.2) is 0 Å². The van der Waals surface area contributed by atoms with E-state index in [1.54, 1.807) is 7.11 Å². The first kappa shape index (κ1) is 20.9. The average molecular weight is 407 g/mol.